The maximum Gasteiger partial charge on any atom is 0.188 e. The monoisotopic (exact) mass is 385 g/mol. The quantitative estimate of drug-likeness (QED) is 0.627. The van der Waals surface area contributed by atoms with Crippen LogP contribution in [0, 0.1) is 6.92 Å². The van der Waals surface area contributed by atoms with Crippen molar-refractivity contribution in [2.45, 2.75) is 33.0 Å². The Kier molecular flexibility index (Phi) is 4.61. The van der Waals surface area contributed by atoms with Gasteiger partial charge >= 0.3 is 0 Å². The van der Waals surface area contributed by atoms with Crippen molar-refractivity contribution >= 4 is 34.5 Å². The van der Waals surface area contributed by atoms with Gasteiger partial charge in [0, 0.05) is 36.1 Å². The molecule has 0 spiro atoms. The van der Waals surface area contributed by atoms with Gasteiger partial charge in [0.1, 0.15) is 10.7 Å². The van der Waals surface area contributed by atoms with Crippen molar-refractivity contribution in [2.24, 2.45) is 0 Å². The van der Waals surface area contributed by atoms with Gasteiger partial charge in [-0.25, -0.2) is 0 Å². The van der Waals surface area contributed by atoms with E-state index in [1.54, 1.807) is 12.3 Å². The van der Waals surface area contributed by atoms with Crippen LogP contribution in [-0.2, 0) is 4.74 Å². The summed E-state index contributed by atoms with van der Waals surface area (Å²) >= 11 is 6.69. The van der Waals surface area contributed by atoms with Crippen molar-refractivity contribution in [2.75, 3.05) is 18.0 Å². The fraction of sp³-hybridized carbons (Fsp3) is 0.350. The summed E-state index contributed by atoms with van der Waals surface area (Å²) in [5, 5.41) is 5.29. The average Bonchev–Trinajstić information content (AvgIpc) is 3.05. The number of carbonyl (C=O) groups excluding carboxylic acids is 1. The number of fused-ring (bicyclic) bond motifs is 1. The van der Waals surface area contributed by atoms with Crippen molar-refractivity contribution in [3.05, 3.63) is 40.7 Å². The van der Waals surface area contributed by atoms with Gasteiger partial charge in [-0.3, -0.25) is 9.78 Å². The van der Waals surface area contributed by atoms with Gasteiger partial charge in [0.15, 0.2) is 11.9 Å². The lowest BCUT2D eigenvalue weighted by atomic mass is 10.0. The van der Waals surface area contributed by atoms with E-state index in [4.69, 9.17) is 20.9 Å². The summed E-state index contributed by atoms with van der Waals surface area (Å²) in [6.45, 7) is 7.24. The molecule has 3 heterocycles. The van der Waals surface area contributed by atoms with Gasteiger partial charge in [0.05, 0.1) is 23.3 Å². The van der Waals surface area contributed by atoms with Crippen LogP contribution in [0.5, 0.6) is 0 Å². The normalized spacial score (nSPS) is 20.2. The van der Waals surface area contributed by atoms with Crippen molar-refractivity contribution < 1.29 is 14.1 Å². The maximum absolute atomic E-state index is 11.9. The number of anilines is 1. The van der Waals surface area contributed by atoms with Crippen molar-refractivity contribution in [1.82, 2.24) is 10.1 Å². The number of ether oxygens (including phenoxy) is 1. The van der Waals surface area contributed by atoms with Gasteiger partial charge in [-0.15, -0.1) is 0 Å². The number of pyridine rings is 1. The van der Waals surface area contributed by atoms with E-state index in [0.29, 0.717) is 46.0 Å². The maximum atomic E-state index is 11.9. The Balaban J connectivity index is 1.86. The van der Waals surface area contributed by atoms with E-state index in [0.717, 1.165) is 17.5 Å². The molecule has 6 nitrogen and oxygen atoms in total. The number of hydrogen-bond donors (Lipinski definition) is 0. The molecule has 3 aromatic rings. The van der Waals surface area contributed by atoms with Gasteiger partial charge in [0.2, 0.25) is 0 Å². The number of morpholine rings is 1. The van der Waals surface area contributed by atoms with E-state index in [9.17, 15) is 4.79 Å². The first kappa shape index (κ1) is 17.9. The Labute approximate surface area is 162 Å². The minimum absolute atomic E-state index is 0.0453. The fourth-order valence-corrected chi connectivity index (χ4v) is 4.00. The first-order chi connectivity index (χ1) is 13.0. The molecule has 1 aliphatic rings. The summed E-state index contributed by atoms with van der Waals surface area (Å²) in [4.78, 5) is 18.3. The van der Waals surface area contributed by atoms with Gasteiger partial charge in [-0.2, -0.15) is 0 Å². The minimum Gasteiger partial charge on any atom is -0.372 e. The summed E-state index contributed by atoms with van der Waals surface area (Å²) in [6.07, 6.45) is 2.66. The van der Waals surface area contributed by atoms with E-state index in [-0.39, 0.29) is 12.2 Å². The molecule has 27 heavy (non-hydrogen) atoms. The molecule has 2 aromatic heterocycles. The zero-order valence-corrected chi connectivity index (χ0v) is 16.2. The number of aryl methyl sites for hydroxylation is 1. The highest BCUT2D eigenvalue weighted by molar-refractivity contribution is 6.38. The summed E-state index contributed by atoms with van der Waals surface area (Å²) in [5.74, 6) is 0. The Hall–Kier alpha value is -2.44. The third-order valence-corrected chi connectivity index (χ3v) is 5.11. The molecule has 1 fully saturated rings. The molecule has 4 rings (SSSR count). The highest BCUT2D eigenvalue weighted by Crippen LogP contribution is 2.40. The van der Waals surface area contributed by atoms with Gasteiger partial charge in [0.25, 0.3) is 0 Å². The van der Waals surface area contributed by atoms with Crippen LogP contribution in [0.1, 0.15) is 29.9 Å². The second-order valence-corrected chi connectivity index (χ2v) is 7.38. The minimum atomic E-state index is 0.0453. The van der Waals surface area contributed by atoms with E-state index >= 15 is 0 Å². The molecule has 0 amide bonds. The second kappa shape index (κ2) is 6.94. The fourth-order valence-electron chi connectivity index (χ4n) is 3.64. The van der Waals surface area contributed by atoms with Crippen LogP contribution in [0.15, 0.2) is 28.9 Å². The van der Waals surface area contributed by atoms with Crippen LogP contribution in [0.2, 0.25) is 5.02 Å². The zero-order valence-electron chi connectivity index (χ0n) is 15.4. The van der Waals surface area contributed by atoms with Crippen LogP contribution >= 0.6 is 11.6 Å². The van der Waals surface area contributed by atoms with Crippen molar-refractivity contribution in [3.8, 4) is 11.3 Å². The number of hydrogen-bond acceptors (Lipinski definition) is 6. The zero-order chi connectivity index (χ0) is 19.1. The molecule has 0 radical (unpaired) electrons. The van der Waals surface area contributed by atoms with E-state index < -0.39 is 0 Å². The summed E-state index contributed by atoms with van der Waals surface area (Å²) in [5.41, 5.74) is 4.01. The molecule has 2 unspecified atom stereocenters. The first-order valence-corrected chi connectivity index (χ1v) is 9.26. The van der Waals surface area contributed by atoms with Crippen LogP contribution in [0.25, 0.3) is 22.2 Å². The summed E-state index contributed by atoms with van der Waals surface area (Å²) in [7, 11) is 0. The predicted octanol–water partition coefficient (Wildman–Crippen LogP) is 4.28. The van der Waals surface area contributed by atoms with Crippen LogP contribution in [-0.4, -0.2) is 41.7 Å². The lowest BCUT2D eigenvalue weighted by molar-refractivity contribution is -0.00524. The number of nitrogens with zero attached hydrogens (tertiary/aromatic N) is 3. The predicted molar refractivity (Wildman–Crippen MR) is 105 cm³/mol. The largest absolute Gasteiger partial charge is 0.372 e. The molecule has 1 aliphatic heterocycles. The average molecular weight is 386 g/mol. The third kappa shape index (κ3) is 3.19. The highest BCUT2D eigenvalue weighted by atomic mass is 35.5. The highest BCUT2D eigenvalue weighted by Gasteiger charge is 2.28. The van der Waals surface area contributed by atoms with Crippen LogP contribution in [0.4, 0.5) is 5.69 Å². The Bertz CT molecular complexity index is 990. The smallest absolute Gasteiger partial charge is 0.188 e. The molecular weight excluding hydrogens is 366 g/mol. The molecule has 0 N–H and O–H groups in total. The molecule has 0 aliphatic carbocycles. The van der Waals surface area contributed by atoms with E-state index in [2.05, 4.69) is 15.0 Å². The van der Waals surface area contributed by atoms with E-state index in [1.807, 2.05) is 32.9 Å². The first-order valence-electron chi connectivity index (χ1n) is 8.88. The van der Waals surface area contributed by atoms with E-state index in [1.165, 1.54) is 0 Å². The van der Waals surface area contributed by atoms with Crippen molar-refractivity contribution in [3.63, 3.8) is 0 Å². The third-order valence-electron chi connectivity index (χ3n) is 4.76. The Morgan fingerprint density at radius 1 is 1.26 bits per heavy atom. The summed E-state index contributed by atoms with van der Waals surface area (Å²) < 4.78 is 11.4. The molecular formula is C20H20ClN3O3. The second-order valence-electron chi connectivity index (χ2n) is 7.00. The Morgan fingerprint density at radius 2 is 2.00 bits per heavy atom. The topological polar surface area (TPSA) is 68.5 Å². The molecule has 0 saturated carbocycles. The number of halogens is 1. The molecule has 1 saturated heterocycles. The molecule has 140 valence electrons. The van der Waals surface area contributed by atoms with Gasteiger partial charge in [-0.05, 0) is 39.0 Å². The number of rotatable bonds is 3. The SMILES string of the molecule is Cc1ccc(-c2noc3c(Cl)c(N4CC(C)OC(C)C4)c(C=O)cc23)cn1. The number of aldehydes is 1. The molecule has 0 bridgehead atoms. The molecule has 2 atom stereocenters. The lowest BCUT2D eigenvalue weighted by Gasteiger charge is -2.37. The van der Waals surface area contributed by atoms with Crippen molar-refractivity contribution in [1.29, 1.82) is 0 Å². The van der Waals surface area contributed by atoms with Gasteiger partial charge in [-0.1, -0.05) is 16.8 Å². The molecule has 7 heteroatoms. The standard InChI is InChI=1S/C20H20ClN3O3/c1-11-4-5-14(7-22-11)18-16-6-15(10-25)19(17(21)20(16)27-23-18)24-8-12(2)26-13(3)9-24/h4-7,10,12-13H,8-9H2,1-3H3. The lowest BCUT2D eigenvalue weighted by Crippen LogP contribution is -2.46. The summed E-state index contributed by atoms with van der Waals surface area (Å²) in [6, 6.07) is 5.62. The number of benzene rings is 1. The van der Waals surface area contributed by atoms with Crippen LogP contribution < -0.4 is 4.90 Å². The number of aromatic nitrogens is 2. The van der Waals surface area contributed by atoms with Crippen LogP contribution in [0.3, 0.4) is 0 Å². The Morgan fingerprint density at radius 3 is 2.63 bits per heavy atom. The van der Waals surface area contributed by atoms with Gasteiger partial charge < -0.3 is 14.2 Å². The molecule has 1 aromatic carbocycles. The number of carbonyl (C=O) groups is 1.